The predicted octanol–water partition coefficient (Wildman–Crippen LogP) is 4.64. The zero-order valence-electron chi connectivity index (χ0n) is 16.4. The molecule has 0 saturated heterocycles. The van der Waals surface area contributed by atoms with E-state index < -0.39 is 11.8 Å². The standard InChI is InChI=1S/C24H26O4/c1-3-27-23(25)20-15-19(16-21(20)24(26)28-4-2)22(17-11-7-5-8-12-17)18-13-9-6-10-14-18/h5-14,20-21H,3-4,15-16H2,1-2H3/t20-,21-/m0/s1. The van der Waals surface area contributed by atoms with Crippen molar-refractivity contribution in [2.24, 2.45) is 11.8 Å². The third-order valence-electron chi connectivity index (χ3n) is 5.08. The normalized spacial score (nSPS) is 18.6. The lowest BCUT2D eigenvalue weighted by Gasteiger charge is -2.15. The van der Waals surface area contributed by atoms with Crippen LogP contribution in [0.15, 0.2) is 66.2 Å². The van der Waals surface area contributed by atoms with Crippen molar-refractivity contribution in [2.45, 2.75) is 26.7 Å². The number of esters is 2. The Hall–Kier alpha value is -2.88. The van der Waals surface area contributed by atoms with Crippen LogP contribution in [0.1, 0.15) is 37.8 Å². The van der Waals surface area contributed by atoms with Gasteiger partial charge in [-0.15, -0.1) is 0 Å². The van der Waals surface area contributed by atoms with E-state index in [1.54, 1.807) is 13.8 Å². The zero-order chi connectivity index (χ0) is 19.9. The van der Waals surface area contributed by atoms with Gasteiger partial charge in [0.05, 0.1) is 25.0 Å². The summed E-state index contributed by atoms with van der Waals surface area (Å²) < 4.78 is 10.5. The van der Waals surface area contributed by atoms with Crippen molar-refractivity contribution in [3.8, 4) is 0 Å². The maximum Gasteiger partial charge on any atom is 0.310 e. The molecule has 0 amide bonds. The highest BCUT2D eigenvalue weighted by atomic mass is 16.5. The second-order valence-electron chi connectivity index (χ2n) is 6.84. The molecule has 0 spiro atoms. The summed E-state index contributed by atoms with van der Waals surface area (Å²) >= 11 is 0. The SMILES string of the molecule is CCOC(=O)[C@H]1CC(=C(c2ccccc2)c2ccccc2)C[C@@H]1C(=O)OCC. The van der Waals surface area contributed by atoms with E-state index in [9.17, 15) is 9.59 Å². The lowest BCUT2D eigenvalue weighted by molar-refractivity contribution is -0.158. The predicted molar refractivity (Wildman–Crippen MR) is 108 cm³/mol. The van der Waals surface area contributed by atoms with Crippen molar-refractivity contribution in [1.82, 2.24) is 0 Å². The summed E-state index contributed by atoms with van der Waals surface area (Å²) in [5.74, 6) is -1.65. The van der Waals surface area contributed by atoms with Crippen LogP contribution in [0.25, 0.3) is 5.57 Å². The summed E-state index contributed by atoms with van der Waals surface area (Å²) in [7, 11) is 0. The average Bonchev–Trinajstić information content (AvgIpc) is 3.15. The first-order valence-electron chi connectivity index (χ1n) is 9.81. The Morgan fingerprint density at radius 3 is 1.50 bits per heavy atom. The first-order chi connectivity index (χ1) is 13.7. The molecule has 0 aliphatic heterocycles. The van der Waals surface area contributed by atoms with Crippen LogP contribution < -0.4 is 0 Å². The first kappa shape index (κ1) is 19.9. The van der Waals surface area contributed by atoms with Crippen molar-refractivity contribution in [3.63, 3.8) is 0 Å². The highest BCUT2D eigenvalue weighted by molar-refractivity contribution is 5.88. The van der Waals surface area contributed by atoms with Crippen molar-refractivity contribution in [3.05, 3.63) is 77.4 Å². The number of benzene rings is 2. The molecule has 0 unspecified atom stereocenters. The second kappa shape index (κ2) is 9.36. The minimum atomic E-state index is -0.503. The van der Waals surface area contributed by atoms with E-state index in [1.807, 2.05) is 36.4 Å². The fraction of sp³-hybridized carbons (Fsp3) is 0.333. The number of hydrogen-bond acceptors (Lipinski definition) is 4. The van der Waals surface area contributed by atoms with Gasteiger partial charge >= 0.3 is 11.9 Å². The van der Waals surface area contributed by atoms with Crippen molar-refractivity contribution < 1.29 is 19.1 Å². The van der Waals surface area contributed by atoms with E-state index in [0.29, 0.717) is 26.1 Å². The van der Waals surface area contributed by atoms with Gasteiger partial charge in [0.25, 0.3) is 0 Å². The van der Waals surface area contributed by atoms with Gasteiger partial charge in [-0.1, -0.05) is 66.2 Å². The maximum atomic E-state index is 12.6. The molecule has 3 rings (SSSR count). The molecule has 2 aromatic rings. The number of carbonyl (C=O) groups excluding carboxylic acids is 2. The topological polar surface area (TPSA) is 52.6 Å². The molecule has 0 bridgehead atoms. The van der Waals surface area contributed by atoms with Crippen LogP contribution in [0.4, 0.5) is 0 Å². The third-order valence-corrected chi connectivity index (χ3v) is 5.08. The Morgan fingerprint density at radius 1 is 0.750 bits per heavy atom. The maximum absolute atomic E-state index is 12.6. The molecule has 2 aromatic carbocycles. The van der Waals surface area contributed by atoms with E-state index in [0.717, 1.165) is 22.3 Å². The molecule has 1 fully saturated rings. The van der Waals surface area contributed by atoms with Crippen LogP contribution in [0.3, 0.4) is 0 Å². The fourth-order valence-electron chi connectivity index (χ4n) is 3.88. The average molecular weight is 378 g/mol. The number of ether oxygens (including phenoxy) is 2. The summed E-state index contributed by atoms with van der Waals surface area (Å²) in [6.45, 7) is 4.16. The Balaban J connectivity index is 2.07. The van der Waals surface area contributed by atoms with E-state index in [-0.39, 0.29) is 11.9 Å². The Kier molecular flexibility index (Phi) is 6.64. The smallest absolute Gasteiger partial charge is 0.310 e. The molecular formula is C24H26O4. The van der Waals surface area contributed by atoms with Crippen LogP contribution in [0, 0.1) is 11.8 Å². The molecular weight excluding hydrogens is 352 g/mol. The van der Waals surface area contributed by atoms with Gasteiger partial charge < -0.3 is 9.47 Å². The van der Waals surface area contributed by atoms with Gasteiger partial charge in [-0.3, -0.25) is 9.59 Å². The van der Waals surface area contributed by atoms with Crippen molar-refractivity contribution in [2.75, 3.05) is 13.2 Å². The highest BCUT2D eigenvalue weighted by Crippen LogP contribution is 2.43. The quantitative estimate of drug-likeness (QED) is 0.687. The number of allylic oxidation sites excluding steroid dienone is 1. The lowest BCUT2D eigenvalue weighted by Crippen LogP contribution is -2.28. The molecule has 0 heterocycles. The largest absolute Gasteiger partial charge is 0.466 e. The number of hydrogen-bond donors (Lipinski definition) is 0. The molecule has 0 radical (unpaired) electrons. The molecule has 0 N–H and O–H groups in total. The van der Waals surface area contributed by atoms with Crippen molar-refractivity contribution >= 4 is 17.5 Å². The molecule has 1 saturated carbocycles. The van der Waals surface area contributed by atoms with Gasteiger partial charge in [0, 0.05) is 0 Å². The summed E-state index contributed by atoms with van der Waals surface area (Å²) in [6.07, 6.45) is 1.00. The molecule has 28 heavy (non-hydrogen) atoms. The van der Waals surface area contributed by atoms with Crippen LogP contribution in [0.2, 0.25) is 0 Å². The fourth-order valence-corrected chi connectivity index (χ4v) is 3.88. The number of carbonyl (C=O) groups is 2. The minimum Gasteiger partial charge on any atom is -0.466 e. The van der Waals surface area contributed by atoms with E-state index in [1.165, 1.54) is 0 Å². The molecule has 2 atom stereocenters. The van der Waals surface area contributed by atoms with E-state index >= 15 is 0 Å². The molecule has 4 nitrogen and oxygen atoms in total. The summed E-state index contributed by atoms with van der Waals surface area (Å²) in [5, 5.41) is 0. The summed E-state index contributed by atoms with van der Waals surface area (Å²) in [6, 6.07) is 20.2. The van der Waals surface area contributed by atoms with E-state index in [4.69, 9.17) is 9.47 Å². The highest BCUT2D eigenvalue weighted by Gasteiger charge is 2.43. The lowest BCUT2D eigenvalue weighted by atomic mass is 9.92. The molecule has 4 heteroatoms. The first-order valence-corrected chi connectivity index (χ1v) is 9.81. The van der Waals surface area contributed by atoms with Crippen molar-refractivity contribution in [1.29, 1.82) is 0 Å². The van der Waals surface area contributed by atoms with Gasteiger partial charge in [-0.2, -0.15) is 0 Å². The molecule has 0 aromatic heterocycles. The van der Waals surface area contributed by atoms with E-state index in [2.05, 4.69) is 24.3 Å². The molecule has 146 valence electrons. The Labute approximate surface area is 166 Å². The summed E-state index contributed by atoms with van der Waals surface area (Å²) in [5.41, 5.74) is 4.34. The van der Waals surface area contributed by atoms with Crippen LogP contribution in [-0.4, -0.2) is 25.2 Å². The van der Waals surface area contributed by atoms with Gasteiger partial charge in [-0.05, 0) is 43.4 Å². The summed E-state index contributed by atoms with van der Waals surface area (Å²) in [4.78, 5) is 25.1. The minimum absolute atomic E-state index is 0.300. The Bertz CT molecular complexity index is 770. The molecule has 1 aliphatic rings. The van der Waals surface area contributed by atoms with Crippen LogP contribution in [-0.2, 0) is 19.1 Å². The van der Waals surface area contributed by atoms with Crippen LogP contribution >= 0.6 is 0 Å². The Morgan fingerprint density at radius 2 is 1.14 bits per heavy atom. The van der Waals surface area contributed by atoms with Gasteiger partial charge in [-0.25, -0.2) is 0 Å². The van der Waals surface area contributed by atoms with Crippen LogP contribution in [0.5, 0.6) is 0 Å². The van der Waals surface area contributed by atoms with Gasteiger partial charge in [0.2, 0.25) is 0 Å². The molecule has 1 aliphatic carbocycles. The second-order valence-corrected chi connectivity index (χ2v) is 6.84. The van der Waals surface area contributed by atoms with Gasteiger partial charge in [0.1, 0.15) is 0 Å². The number of rotatable bonds is 6. The zero-order valence-corrected chi connectivity index (χ0v) is 16.4. The van der Waals surface area contributed by atoms with Gasteiger partial charge in [0.15, 0.2) is 0 Å². The monoisotopic (exact) mass is 378 g/mol. The third kappa shape index (κ3) is 4.33.